The molecule has 47 heteroatoms. The van der Waals surface area contributed by atoms with E-state index in [-0.39, 0.29) is 0 Å². The Kier molecular flexibility index (Phi) is 59.8. The van der Waals surface area contributed by atoms with Gasteiger partial charge < -0.3 is 110 Å². The molecule has 0 radical (unpaired) electrons. The van der Waals surface area contributed by atoms with Crippen molar-refractivity contribution < 1.29 is 94.7 Å². The zero-order valence-corrected chi connectivity index (χ0v) is 108. The summed E-state index contributed by atoms with van der Waals surface area (Å²) in [6.07, 6.45) is 4.74. The van der Waals surface area contributed by atoms with Crippen molar-refractivity contribution in [1.29, 1.82) is 0 Å². The molecule has 23 nitrogen and oxygen atoms in total. The summed E-state index contributed by atoms with van der Waals surface area (Å²) in [6.45, 7) is 50.0. The van der Waals surface area contributed by atoms with Crippen molar-refractivity contribution in [3.63, 3.8) is 0 Å². The molecule has 1 fully saturated rings. The molecule has 0 amide bonds. The first-order valence-corrected chi connectivity index (χ1v) is 71.5. The van der Waals surface area contributed by atoms with E-state index in [2.05, 4.69) is 98.0 Å². The van der Waals surface area contributed by atoms with Gasteiger partial charge in [0.1, 0.15) is 0 Å². The van der Waals surface area contributed by atoms with Crippen molar-refractivity contribution in [2.24, 2.45) is 0 Å². The number of aromatic nitrogens is 3. The lowest BCUT2D eigenvalue weighted by Gasteiger charge is -2.33. The van der Waals surface area contributed by atoms with Crippen LogP contribution in [0, 0.1) is 0 Å². The molecular formula is C101H149N3O20S24. The van der Waals surface area contributed by atoms with E-state index in [1.807, 2.05) is 282 Å². The van der Waals surface area contributed by atoms with E-state index in [1.165, 1.54) is 152 Å². The van der Waals surface area contributed by atoms with Crippen LogP contribution in [-0.4, -0.2) is 327 Å². The summed E-state index contributed by atoms with van der Waals surface area (Å²) < 4.78 is 139. The number of hydrogen-bond donors (Lipinski definition) is 3. The Morgan fingerprint density at radius 3 is 0.514 bits per heavy atom. The van der Waals surface area contributed by atoms with Gasteiger partial charge in [0.15, 0.2) is 0 Å². The molecule has 3 aromatic rings. The minimum absolute atomic E-state index is 0.527. The Balaban J connectivity index is 0.927. The molecule has 1 aliphatic carbocycles. The number of nitrogens with one attached hydrogen (secondary N) is 3. The SMILES string of the molecule is CCCOCCOCCSC1=C(SCCOCCOCCC)SC(=C2Sc3c4[nH]c(c3S2)C(C)(C)c2[nH]c(c3c2S/C(=C2/SC(SCCOCCOCCC)=C(SCCOCCOCCOC)S2)S3)C(C)(C)c2[nH]c(c3c2S/C(=C2/SC(SCCOCCOCCC)=C(SCCOCCOCCOC)S2)S3)C(C)(C)C2=C3SC(=C5SC(SCCOCCOCCOC)=C(SCCOCCOCCOC)S5)SC3=C(C2)C4(C)C)S1. The quantitative estimate of drug-likeness (QED) is 0.0446. The molecule has 3 N–H and O–H groups in total. The summed E-state index contributed by atoms with van der Waals surface area (Å²) in [5.74, 6) is 6.56. The molecular weight excluding hydrogens is 2340 g/mol. The third-order valence-corrected chi connectivity index (χ3v) is 57.8. The van der Waals surface area contributed by atoms with Crippen LogP contribution in [0.5, 0.6) is 0 Å². The normalized spacial score (nSPS) is 19.3. The van der Waals surface area contributed by atoms with Crippen LogP contribution in [0.2, 0.25) is 0 Å². The second kappa shape index (κ2) is 69.3. The van der Waals surface area contributed by atoms with Gasteiger partial charge >= 0.3 is 0 Å². The molecule has 0 saturated carbocycles. The maximum absolute atomic E-state index is 6.24. The van der Waals surface area contributed by atoms with Gasteiger partial charge in [0.2, 0.25) is 0 Å². The molecule has 0 unspecified atom stereocenters. The lowest BCUT2D eigenvalue weighted by molar-refractivity contribution is 0.0286. The van der Waals surface area contributed by atoms with Crippen LogP contribution >= 0.6 is 282 Å². The number of aromatic amines is 3. The fraction of sp³-hybridized carbons (Fsp3) is 0.683. The van der Waals surface area contributed by atoms with Crippen LogP contribution in [-0.2, 0) is 116 Å². The molecule has 832 valence electrons. The van der Waals surface area contributed by atoms with E-state index >= 15 is 0 Å². The zero-order chi connectivity index (χ0) is 104. The molecule has 1 saturated heterocycles. The summed E-state index contributed by atoms with van der Waals surface area (Å²) in [5, 5.41) is 0. The number of rotatable bonds is 76. The van der Waals surface area contributed by atoms with E-state index in [1.54, 1.807) is 28.4 Å². The summed E-state index contributed by atoms with van der Waals surface area (Å²) in [5.41, 5.74) is 7.89. The van der Waals surface area contributed by atoms with Crippen LogP contribution in [0.25, 0.3) is 0 Å². The smallest absolute Gasteiger partial charge is 0.0717 e. The van der Waals surface area contributed by atoms with Gasteiger partial charge in [-0.25, -0.2) is 0 Å². The van der Waals surface area contributed by atoms with Crippen LogP contribution in [0.1, 0.15) is 149 Å². The molecule has 148 heavy (non-hydrogen) atoms. The average molecular weight is 2490 g/mol. The summed E-state index contributed by atoms with van der Waals surface area (Å²) in [7, 11) is 6.80. The van der Waals surface area contributed by atoms with Crippen molar-refractivity contribution >= 4 is 282 Å². The molecule has 0 atom stereocenters. The summed E-state index contributed by atoms with van der Waals surface area (Å²) >= 11 is 46.6. The molecule has 8 bridgehead atoms. The Morgan fingerprint density at radius 2 is 0.338 bits per heavy atom. The minimum atomic E-state index is -0.635. The maximum atomic E-state index is 6.24. The maximum Gasteiger partial charge on any atom is 0.0717 e. The Morgan fingerprint density at radius 1 is 0.189 bits per heavy atom. The molecule has 13 rings (SSSR count). The van der Waals surface area contributed by atoms with Crippen LogP contribution in [0.4, 0.5) is 0 Å². The topological polar surface area (TPSA) is 232 Å². The zero-order valence-electron chi connectivity index (χ0n) is 88.1. The van der Waals surface area contributed by atoms with Crippen molar-refractivity contribution in [3.05, 3.63) is 123 Å². The van der Waals surface area contributed by atoms with Gasteiger partial charge in [-0.05, 0) is 70.9 Å². The molecule has 0 spiro atoms. The van der Waals surface area contributed by atoms with Crippen molar-refractivity contribution in [2.45, 2.75) is 166 Å². The highest BCUT2D eigenvalue weighted by atomic mass is 32.3. The Labute approximate surface area is 982 Å². The molecule has 9 aliphatic heterocycles. The fourth-order valence-corrected chi connectivity index (χ4v) is 51.7. The highest BCUT2D eigenvalue weighted by Gasteiger charge is 2.53. The minimum Gasteiger partial charge on any atom is -0.382 e. The van der Waals surface area contributed by atoms with E-state index < -0.39 is 21.7 Å². The first-order chi connectivity index (χ1) is 72.2. The highest BCUT2D eigenvalue weighted by Crippen LogP contribution is 2.75. The molecule has 12 heterocycles. The van der Waals surface area contributed by atoms with E-state index in [0.29, 0.717) is 211 Å². The van der Waals surface area contributed by atoms with Crippen LogP contribution in [0.15, 0.2) is 118 Å². The predicted molar refractivity (Wildman–Crippen MR) is 660 cm³/mol. The van der Waals surface area contributed by atoms with E-state index in [4.69, 9.17) is 94.7 Å². The Hall–Kier alpha value is 2.84. The predicted octanol–water partition coefficient (Wildman–Crippen LogP) is 29.2. The lowest BCUT2D eigenvalue weighted by atomic mass is 9.75. The number of ether oxygens (including phenoxy) is 20. The number of allylic oxidation sites excluding steroid dienone is 2. The summed E-state index contributed by atoms with van der Waals surface area (Å²) in [6, 6.07) is 0. The number of fused-ring (bicyclic) bond motifs is 18. The molecule has 3 aromatic heterocycles. The Bertz CT molecular complexity index is 4830. The highest BCUT2D eigenvalue weighted by molar-refractivity contribution is 8.45. The number of methoxy groups -OCH3 is 4. The van der Waals surface area contributed by atoms with Gasteiger partial charge in [0, 0.05) is 196 Å². The largest absolute Gasteiger partial charge is 0.382 e. The third kappa shape index (κ3) is 37.4. The third-order valence-electron chi connectivity index (χ3n) is 23.3. The van der Waals surface area contributed by atoms with Gasteiger partial charge in [-0.1, -0.05) is 244 Å². The van der Waals surface area contributed by atoms with Gasteiger partial charge in [0.05, 0.1) is 279 Å². The van der Waals surface area contributed by atoms with Crippen molar-refractivity contribution in [3.8, 4) is 0 Å². The first-order valence-electron chi connectivity index (χ1n) is 50.5. The van der Waals surface area contributed by atoms with E-state index in [0.717, 1.165) is 105 Å². The number of hydrogen-bond acceptors (Lipinski definition) is 44. The van der Waals surface area contributed by atoms with Crippen LogP contribution in [0.3, 0.4) is 0 Å². The number of thioether (sulfide) groups is 24. The first kappa shape index (κ1) is 128. The van der Waals surface area contributed by atoms with Gasteiger partial charge in [-0.3, -0.25) is 0 Å². The number of H-pyrrole nitrogens is 3. The summed E-state index contributed by atoms with van der Waals surface area (Å²) in [4.78, 5) is 24.2. The van der Waals surface area contributed by atoms with Crippen LogP contribution < -0.4 is 0 Å². The van der Waals surface area contributed by atoms with Crippen molar-refractivity contribution in [2.75, 3.05) is 312 Å². The lowest BCUT2D eigenvalue weighted by Crippen LogP contribution is -2.28. The monoisotopic (exact) mass is 2490 g/mol. The van der Waals surface area contributed by atoms with Crippen molar-refractivity contribution in [1.82, 2.24) is 15.0 Å². The second-order valence-corrected chi connectivity index (χ2v) is 65.0. The van der Waals surface area contributed by atoms with Gasteiger partial charge in [-0.2, -0.15) is 0 Å². The fourth-order valence-electron chi connectivity index (χ4n) is 15.6. The molecule has 0 aromatic carbocycles. The molecule has 10 aliphatic rings. The van der Waals surface area contributed by atoms with Gasteiger partial charge in [-0.15, -0.1) is 94.1 Å². The van der Waals surface area contributed by atoms with Gasteiger partial charge in [0.25, 0.3) is 0 Å². The average Bonchev–Trinajstić information content (AvgIpc) is 1.53. The van der Waals surface area contributed by atoms with E-state index in [9.17, 15) is 0 Å². The standard InChI is InChI=1S/C101H149N3O20S24/c1-17-21-109-33-41-117-49-57-127-84-85(128-58-50-118-42-34-110-22-18-2)144-95(143-84)91-135-70-72(137-91)78-100(9,10)80-74-75(140-93(139-74)97-147-88(130-60-52-120-44-36-112-24-20-4)89(148-97)132-64-56-124-48-40-116-32-28-108-16)81(104-80)101(11,12)79-73-71(136-92(138-73)96-145-86(129-59-51-119-43-35-111-23-19-3)87(146-96)131-63-55-123-47-39-115-31-27-107-15)77(103-79)99(7,8)67-65-66(98(5,6)76(70)102-78)68-69(67)134-90(133-68)94-141-82(125-61-53-121-45-37-113-29-25-105-13)83(142-94)126-62-54-122-46-38-114-30-26-106-14/h102-104H,17-65H2,1-16H3/b96-92-,97-93+. The second-order valence-electron chi connectivity index (χ2n) is 35.7.